The molecule has 0 aliphatic carbocycles. The van der Waals surface area contributed by atoms with Crippen molar-refractivity contribution in [2.24, 2.45) is 0 Å². The first-order valence-corrected chi connectivity index (χ1v) is 8.54. The summed E-state index contributed by atoms with van der Waals surface area (Å²) in [6, 6.07) is 11.2. The normalized spacial score (nSPS) is 10.1. The van der Waals surface area contributed by atoms with E-state index in [4.69, 9.17) is 4.74 Å². The lowest BCUT2D eigenvalue weighted by Gasteiger charge is -2.13. The third-order valence-corrected chi connectivity index (χ3v) is 4.00. The van der Waals surface area contributed by atoms with Crippen molar-refractivity contribution in [3.05, 3.63) is 61.7 Å². The highest BCUT2D eigenvalue weighted by Crippen LogP contribution is 2.27. The fourth-order valence-electron chi connectivity index (χ4n) is 2.15. The van der Waals surface area contributed by atoms with Crippen LogP contribution in [0.5, 0.6) is 0 Å². The highest BCUT2D eigenvalue weighted by Gasteiger charge is 2.20. The Morgan fingerprint density at radius 3 is 2.58 bits per heavy atom. The number of hydrogen-bond donors (Lipinski definition) is 1. The van der Waals surface area contributed by atoms with E-state index < -0.39 is 23.4 Å². The number of anilines is 2. The Bertz CT molecular complexity index is 854. The van der Waals surface area contributed by atoms with E-state index >= 15 is 0 Å². The lowest BCUT2D eigenvalue weighted by Crippen LogP contribution is -2.21. The molecule has 2 rings (SSSR count). The van der Waals surface area contributed by atoms with Crippen molar-refractivity contribution in [2.75, 3.05) is 30.9 Å². The molecule has 0 unspecified atom stereocenters. The molecule has 0 bridgehead atoms. The van der Waals surface area contributed by atoms with Crippen LogP contribution in [0.4, 0.5) is 17.1 Å². The highest BCUT2D eigenvalue weighted by molar-refractivity contribution is 14.1. The van der Waals surface area contributed by atoms with E-state index in [0.29, 0.717) is 11.4 Å². The second-order valence-corrected chi connectivity index (χ2v) is 6.74. The van der Waals surface area contributed by atoms with Gasteiger partial charge in [0.05, 0.1) is 10.5 Å². The highest BCUT2D eigenvalue weighted by atomic mass is 127. The number of hydrogen-bond acceptors (Lipinski definition) is 6. The van der Waals surface area contributed by atoms with Gasteiger partial charge in [-0.05, 0) is 52.9 Å². The first-order valence-electron chi connectivity index (χ1n) is 7.46. The predicted octanol–water partition coefficient (Wildman–Crippen LogP) is 3.06. The Hall–Kier alpha value is -2.69. The zero-order chi connectivity index (χ0) is 19.3. The number of benzene rings is 2. The molecule has 0 fully saturated rings. The molecule has 26 heavy (non-hydrogen) atoms. The number of rotatable bonds is 6. The second kappa shape index (κ2) is 8.61. The van der Waals surface area contributed by atoms with Gasteiger partial charge >= 0.3 is 5.97 Å². The molecule has 0 aromatic heterocycles. The van der Waals surface area contributed by atoms with Crippen LogP contribution in [0.2, 0.25) is 0 Å². The molecule has 2 aromatic carbocycles. The number of nitrogens with one attached hydrogen (secondary N) is 1. The number of carbonyl (C=O) groups excluding carboxylic acids is 2. The third-order valence-electron chi connectivity index (χ3n) is 3.33. The number of nitro groups is 1. The fraction of sp³-hybridized carbons (Fsp3) is 0.176. The third kappa shape index (κ3) is 5.15. The van der Waals surface area contributed by atoms with E-state index in [0.717, 1.165) is 9.64 Å². The summed E-state index contributed by atoms with van der Waals surface area (Å²) in [6.07, 6.45) is 0. The molecule has 9 heteroatoms. The topological polar surface area (TPSA) is 102 Å². The monoisotopic (exact) mass is 469 g/mol. The van der Waals surface area contributed by atoms with Gasteiger partial charge in [-0.15, -0.1) is 0 Å². The predicted molar refractivity (Wildman–Crippen MR) is 105 cm³/mol. The molecule has 0 spiro atoms. The Labute approximate surface area is 163 Å². The van der Waals surface area contributed by atoms with Crippen LogP contribution in [-0.2, 0) is 9.53 Å². The molecule has 0 heterocycles. The summed E-state index contributed by atoms with van der Waals surface area (Å²) >= 11 is 2.11. The average Bonchev–Trinajstić information content (AvgIpc) is 2.59. The van der Waals surface area contributed by atoms with Crippen LogP contribution in [-0.4, -0.2) is 37.5 Å². The van der Waals surface area contributed by atoms with E-state index in [-0.39, 0.29) is 11.3 Å². The summed E-state index contributed by atoms with van der Waals surface area (Å²) in [5, 5.41) is 13.8. The van der Waals surface area contributed by atoms with Crippen molar-refractivity contribution < 1.29 is 19.2 Å². The Morgan fingerprint density at radius 2 is 1.96 bits per heavy atom. The second-order valence-electron chi connectivity index (χ2n) is 5.49. The van der Waals surface area contributed by atoms with Crippen molar-refractivity contribution >= 4 is 51.5 Å². The van der Waals surface area contributed by atoms with E-state index in [1.165, 1.54) is 12.1 Å². The van der Waals surface area contributed by atoms with Crippen LogP contribution in [0.1, 0.15) is 10.4 Å². The minimum atomic E-state index is -0.809. The van der Waals surface area contributed by atoms with Gasteiger partial charge in [-0.3, -0.25) is 14.9 Å². The molecule has 1 N–H and O–H groups in total. The van der Waals surface area contributed by atoms with Gasteiger partial charge in [0.2, 0.25) is 0 Å². The van der Waals surface area contributed by atoms with Crippen LogP contribution < -0.4 is 10.2 Å². The summed E-state index contributed by atoms with van der Waals surface area (Å²) in [6.45, 7) is -0.493. The van der Waals surface area contributed by atoms with Gasteiger partial charge in [-0.1, -0.05) is 6.07 Å². The van der Waals surface area contributed by atoms with Crippen LogP contribution >= 0.6 is 22.6 Å². The molecule has 136 valence electrons. The molecule has 2 aromatic rings. The Kier molecular flexibility index (Phi) is 6.50. The number of amides is 1. The number of nitro benzene ring substituents is 1. The van der Waals surface area contributed by atoms with Crippen molar-refractivity contribution in [1.82, 2.24) is 0 Å². The summed E-state index contributed by atoms with van der Waals surface area (Å²) in [5.41, 5.74) is 0.740. The van der Waals surface area contributed by atoms with Gasteiger partial charge in [0, 0.05) is 29.4 Å². The number of esters is 1. The van der Waals surface area contributed by atoms with Gasteiger partial charge in [0.15, 0.2) is 6.61 Å². The smallest absolute Gasteiger partial charge is 0.338 e. The van der Waals surface area contributed by atoms with Crippen molar-refractivity contribution in [2.45, 2.75) is 0 Å². The molecule has 0 aliphatic heterocycles. The van der Waals surface area contributed by atoms with Crippen LogP contribution in [0.25, 0.3) is 0 Å². The molecule has 0 radical (unpaired) electrons. The van der Waals surface area contributed by atoms with E-state index in [1.807, 2.05) is 6.07 Å². The molecule has 8 nitrogen and oxygen atoms in total. The fourth-order valence-corrected chi connectivity index (χ4v) is 2.70. The number of ether oxygens (including phenoxy) is 1. The quantitative estimate of drug-likeness (QED) is 0.302. The standard InChI is InChI=1S/C17H16IN3O5/c1-20(2)14-7-6-11(8-15(14)21(24)25)17(23)26-10-16(22)19-13-5-3-4-12(18)9-13/h3-9H,10H2,1-2H3,(H,19,22). The van der Waals surface area contributed by atoms with E-state index in [1.54, 1.807) is 37.2 Å². The maximum atomic E-state index is 12.1. The van der Waals surface area contributed by atoms with Crippen molar-refractivity contribution in [3.63, 3.8) is 0 Å². The summed E-state index contributed by atoms with van der Waals surface area (Å²) in [5.74, 6) is -1.31. The summed E-state index contributed by atoms with van der Waals surface area (Å²) in [7, 11) is 3.32. The summed E-state index contributed by atoms with van der Waals surface area (Å²) < 4.78 is 5.89. The molecule has 1 amide bonds. The average molecular weight is 469 g/mol. The maximum absolute atomic E-state index is 12.1. The zero-order valence-corrected chi connectivity index (χ0v) is 16.2. The number of carbonyl (C=O) groups is 2. The molecule has 0 atom stereocenters. The number of nitrogens with zero attached hydrogens (tertiary/aromatic N) is 2. The first-order chi connectivity index (χ1) is 12.3. The number of halogens is 1. The Morgan fingerprint density at radius 1 is 1.23 bits per heavy atom. The van der Waals surface area contributed by atoms with E-state index in [9.17, 15) is 19.7 Å². The lowest BCUT2D eigenvalue weighted by molar-refractivity contribution is -0.384. The van der Waals surface area contributed by atoms with Gasteiger partial charge in [-0.2, -0.15) is 0 Å². The van der Waals surface area contributed by atoms with Gasteiger partial charge in [0.1, 0.15) is 5.69 Å². The molecular weight excluding hydrogens is 453 g/mol. The molecular formula is C17H16IN3O5. The summed E-state index contributed by atoms with van der Waals surface area (Å²) in [4.78, 5) is 36.1. The van der Waals surface area contributed by atoms with Gasteiger partial charge < -0.3 is 15.0 Å². The molecule has 0 saturated heterocycles. The minimum Gasteiger partial charge on any atom is -0.452 e. The van der Waals surface area contributed by atoms with Crippen LogP contribution in [0.3, 0.4) is 0 Å². The Balaban J connectivity index is 2.02. The zero-order valence-electron chi connectivity index (χ0n) is 14.1. The SMILES string of the molecule is CN(C)c1ccc(C(=O)OCC(=O)Nc2cccc(I)c2)cc1[N+](=O)[O-]. The largest absolute Gasteiger partial charge is 0.452 e. The maximum Gasteiger partial charge on any atom is 0.338 e. The van der Waals surface area contributed by atoms with Gasteiger partial charge in [-0.25, -0.2) is 4.79 Å². The minimum absolute atomic E-state index is 0.00404. The molecule has 0 aliphatic rings. The van der Waals surface area contributed by atoms with Crippen LogP contribution in [0.15, 0.2) is 42.5 Å². The van der Waals surface area contributed by atoms with E-state index in [2.05, 4.69) is 27.9 Å². The van der Waals surface area contributed by atoms with Crippen molar-refractivity contribution in [3.8, 4) is 0 Å². The van der Waals surface area contributed by atoms with Crippen LogP contribution in [0, 0.1) is 13.7 Å². The molecule has 0 saturated carbocycles. The first kappa shape index (κ1) is 19.6. The van der Waals surface area contributed by atoms with Gasteiger partial charge in [0.25, 0.3) is 11.6 Å². The van der Waals surface area contributed by atoms with Crippen molar-refractivity contribution in [1.29, 1.82) is 0 Å². The lowest BCUT2D eigenvalue weighted by atomic mass is 10.1.